The van der Waals surface area contributed by atoms with Crippen molar-refractivity contribution in [2.75, 3.05) is 23.3 Å². The maximum Gasteiger partial charge on any atom is 0.264 e. The van der Waals surface area contributed by atoms with Crippen LogP contribution in [0.4, 0.5) is 11.4 Å². The van der Waals surface area contributed by atoms with Gasteiger partial charge in [-0.05, 0) is 42.5 Å². The molecule has 0 aliphatic carbocycles. The number of carbonyl (C=O) groups excluding carboxylic acids is 1. The highest BCUT2D eigenvalue weighted by Gasteiger charge is 2.27. The predicted molar refractivity (Wildman–Crippen MR) is 117 cm³/mol. The molecule has 0 fully saturated rings. The van der Waals surface area contributed by atoms with Gasteiger partial charge in [0.2, 0.25) is 5.91 Å². The van der Waals surface area contributed by atoms with Gasteiger partial charge in [0.25, 0.3) is 10.0 Å². The number of hydrogen-bond acceptors (Lipinski definition) is 4. The second-order valence-corrected chi connectivity index (χ2v) is 8.83. The van der Waals surface area contributed by atoms with Crippen LogP contribution in [-0.2, 0) is 14.8 Å². The van der Waals surface area contributed by atoms with E-state index in [0.29, 0.717) is 21.6 Å². The zero-order valence-corrected chi connectivity index (χ0v) is 18.0. The van der Waals surface area contributed by atoms with E-state index >= 15 is 0 Å². The minimum Gasteiger partial charge on any atom is -0.495 e. The Bertz CT molecular complexity index is 1100. The minimum absolute atomic E-state index is 0.102. The Labute approximate surface area is 178 Å². The third-order valence-electron chi connectivity index (χ3n) is 4.10. The van der Waals surface area contributed by atoms with Gasteiger partial charge in [-0.2, -0.15) is 0 Å². The van der Waals surface area contributed by atoms with Crippen molar-refractivity contribution in [1.29, 1.82) is 0 Å². The molecule has 0 radical (unpaired) electrons. The van der Waals surface area contributed by atoms with Gasteiger partial charge in [0.15, 0.2) is 0 Å². The number of anilines is 2. The van der Waals surface area contributed by atoms with Crippen molar-refractivity contribution >= 4 is 43.2 Å². The second-order valence-electron chi connectivity index (χ2n) is 6.05. The van der Waals surface area contributed by atoms with E-state index in [1.54, 1.807) is 66.7 Å². The van der Waals surface area contributed by atoms with Gasteiger partial charge >= 0.3 is 0 Å². The summed E-state index contributed by atoms with van der Waals surface area (Å²) >= 11 is 3.35. The van der Waals surface area contributed by atoms with E-state index in [2.05, 4.69) is 21.2 Å². The summed E-state index contributed by atoms with van der Waals surface area (Å²) in [5, 5.41) is 2.72. The molecule has 3 rings (SSSR count). The number of nitrogens with zero attached hydrogens (tertiary/aromatic N) is 1. The first-order chi connectivity index (χ1) is 13.9. The topological polar surface area (TPSA) is 75.7 Å². The average Bonchev–Trinajstić information content (AvgIpc) is 2.73. The van der Waals surface area contributed by atoms with Crippen LogP contribution in [-0.4, -0.2) is 28.0 Å². The molecule has 29 heavy (non-hydrogen) atoms. The Morgan fingerprint density at radius 3 is 2.38 bits per heavy atom. The Hall–Kier alpha value is -2.84. The summed E-state index contributed by atoms with van der Waals surface area (Å²) in [6, 6.07) is 21.7. The van der Waals surface area contributed by atoms with E-state index in [1.807, 2.05) is 0 Å². The van der Waals surface area contributed by atoms with Gasteiger partial charge in [-0.1, -0.05) is 52.3 Å². The van der Waals surface area contributed by atoms with Crippen LogP contribution >= 0.6 is 15.9 Å². The van der Waals surface area contributed by atoms with Crippen LogP contribution in [0.3, 0.4) is 0 Å². The molecule has 6 nitrogen and oxygen atoms in total. The van der Waals surface area contributed by atoms with Crippen LogP contribution in [0, 0.1) is 0 Å². The molecule has 0 atom stereocenters. The number of rotatable bonds is 7. The number of para-hydroxylation sites is 2. The number of benzene rings is 3. The number of amides is 1. The first-order valence-electron chi connectivity index (χ1n) is 8.68. The van der Waals surface area contributed by atoms with E-state index in [-0.39, 0.29) is 4.90 Å². The van der Waals surface area contributed by atoms with Crippen molar-refractivity contribution in [3.63, 3.8) is 0 Å². The van der Waals surface area contributed by atoms with Crippen LogP contribution in [0.2, 0.25) is 0 Å². The molecule has 3 aromatic carbocycles. The largest absolute Gasteiger partial charge is 0.495 e. The van der Waals surface area contributed by atoms with E-state index in [9.17, 15) is 13.2 Å². The van der Waals surface area contributed by atoms with Crippen LogP contribution in [0.25, 0.3) is 0 Å². The lowest BCUT2D eigenvalue weighted by Gasteiger charge is -2.24. The molecule has 0 heterocycles. The number of nitrogens with one attached hydrogen (secondary N) is 1. The predicted octanol–water partition coefficient (Wildman–Crippen LogP) is 4.29. The molecule has 0 aliphatic heterocycles. The number of methoxy groups -OCH3 is 1. The lowest BCUT2D eigenvalue weighted by Crippen LogP contribution is -2.38. The van der Waals surface area contributed by atoms with Crippen LogP contribution in [0.1, 0.15) is 0 Å². The number of carbonyl (C=O) groups is 1. The summed E-state index contributed by atoms with van der Waals surface area (Å²) in [6.07, 6.45) is 0. The Morgan fingerprint density at radius 2 is 1.69 bits per heavy atom. The fourth-order valence-electron chi connectivity index (χ4n) is 2.73. The second kappa shape index (κ2) is 9.11. The average molecular weight is 475 g/mol. The van der Waals surface area contributed by atoms with E-state index in [1.165, 1.54) is 19.2 Å². The van der Waals surface area contributed by atoms with Crippen molar-refractivity contribution in [2.45, 2.75) is 4.90 Å². The normalized spacial score (nSPS) is 11.0. The van der Waals surface area contributed by atoms with Gasteiger partial charge in [0, 0.05) is 4.47 Å². The molecule has 0 saturated heterocycles. The van der Waals surface area contributed by atoms with Crippen LogP contribution in [0.15, 0.2) is 88.2 Å². The third kappa shape index (κ3) is 4.96. The molecule has 0 saturated carbocycles. The monoisotopic (exact) mass is 474 g/mol. The van der Waals surface area contributed by atoms with Gasteiger partial charge in [-0.15, -0.1) is 0 Å². The highest BCUT2D eigenvalue weighted by Crippen LogP contribution is 2.27. The summed E-state index contributed by atoms with van der Waals surface area (Å²) in [6.45, 7) is -0.397. The Balaban J connectivity index is 1.95. The van der Waals surface area contributed by atoms with Gasteiger partial charge in [0.1, 0.15) is 12.3 Å². The zero-order chi connectivity index (χ0) is 20.9. The first-order valence-corrected chi connectivity index (χ1v) is 10.9. The molecular weight excluding hydrogens is 456 g/mol. The van der Waals surface area contributed by atoms with Crippen molar-refractivity contribution in [3.05, 3.63) is 83.3 Å². The van der Waals surface area contributed by atoms with Crippen LogP contribution < -0.4 is 14.4 Å². The van der Waals surface area contributed by atoms with Gasteiger partial charge in [-0.3, -0.25) is 9.10 Å². The van der Waals surface area contributed by atoms with Crippen molar-refractivity contribution in [1.82, 2.24) is 0 Å². The quantitative estimate of drug-likeness (QED) is 0.553. The van der Waals surface area contributed by atoms with Crippen molar-refractivity contribution in [3.8, 4) is 5.75 Å². The molecular formula is C21H19BrN2O4S. The Kier molecular flexibility index (Phi) is 6.56. The third-order valence-corrected chi connectivity index (χ3v) is 6.38. The minimum atomic E-state index is -3.95. The van der Waals surface area contributed by atoms with E-state index in [4.69, 9.17) is 4.74 Å². The molecule has 0 bridgehead atoms. The van der Waals surface area contributed by atoms with E-state index in [0.717, 1.165) is 4.31 Å². The molecule has 0 aliphatic rings. The smallest absolute Gasteiger partial charge is 0.264 e. The molecule has 3 aromatic rings. The van der Waals surface area contributed by atoms with Crippen LogP contribution in [0.5, 0.6) is 5.75 Å². The van der Waals surface area contributed by atoms with Crippen molar-refractivity contribution < 1.29 is 17.9 Å². The molecule has 0 spiro atoms. The van der Waals surface area contributed by atoms with Crippen molar-refractivity contribution in [2.24, 2.45) is 0 Å². The number of sulfonamides is 1. The fourth-order valence-corrected chi connectivity index (χ4v) is 4.56. The number of hydrogen-bond donors (Lipinski definition) is 1. The maximum atomic E-state index is 13.3. The van der Waals surface area contributed by atoms with Gasteiger partial charge in [-0.25, -0.2) is 8.42 Å². The molecule has 0 unspecified atom stereocenters. The summed E-state index contributed by atoms with van der Waals surface area (Å²) in [7, 11) is -2.45. The summed E-state index contributed by atoms with van der Waals surface area (Å²) in [5.74, 6) is -0.00486. The fraction of sp³-hybridized carbons (Fsp3) is 0.0952. The zero-order valence-electron chi connectivity index (χ0n) is 15.6. The molecule has 1 N–H and O–H groups in total. The lowest BCUT2D eigenvalue weighted by atomic mass is 10.3. The SMILES string of the molecule is COc1ccccc1NC(=O)CN(c1cccc(Br)c1)S(=O)(=O)c1ccccc1. The highest BCUT2D eigenvalue weighted by atomic mass is 79.9. The maximum absolute atomic E-state index is 13.3. The van der Waals surface area contributed by atoms with Gasteiger partial charge in [0.05, 0.1) is 23.4 Å². The van der Waals surface area contributed by atoms with Gasteiger partial charge < -0.3 is 10.1 Å². The first kappa shape index (κ1) is 20.9. The highest BCUT2D eigenvalue weighted by molar-refractivity contribution is 9.10. The molecule has 150 valence electrons. The lowest BCUT2D eigenvalue weighted by molar-refractivity contribution is -0.114. The number of ether oxygens (including phenoxy) is 1. The molecule has 0 aromatic heterocycles. The summed E-state index contributed by atoms with van der Waals surface area (Å²) in [5.41, 5.74) is 0.838. The molecule has 8 heteroatoms. The summed E-state index contributed by atoms with van der Waals surface area (Å²) < 4.78 is 33.5. The van der Waals surface area contributed by atoms with E-state index < -0.39 is 22.5 Å². The summed E-state index contributed by atoms with van der Waals surface area (Å²) in [4.78, 5) is 12.8. The number of halogens is 1. The Morgan fingerprint density at radius 1 is 1.00 bits per heavy atom. The molecule has 1 amide bonds. The standard InChI is InChI=1S/C21H19BrN2O4S/c1-28-20-13-6-5-12-19(20)23-21(25)15-24(17-9-7-8-16(22)14-17)29(26,27)18-10-3-2-4-11-18/h2-14H,15H2,1H3,(H,23,25).